The van der Waals surface area contributed by atoms with Crippen molar-refractivity contribution in [3.63, 3.8) is 0 Å². The summed E-state index contributed by atoms with van der Waals surface area (Å²) in [4.78, 5) is 0.349. The van der Waals surface area contributed by atoms with Gasteiger partial charge < -0.3 is 9.47 Å². The Labute approximate surface area is 156 Å². The van der Waals surface area contributed by atoms with E-state index in [2.05, 4.69) is 12.1 Å². The fourth-order valence-corrected chi connectivity index (χ4v) is 4.98. The lowest BCUT2D eigenvalue weighted by Crippen LogP contribution is -2.40. The fourth-order valence-electron chi connectivity index (χ4n) is 3.50. The third kappa shape index (κ3) is 4.34. The Morgan fingerprint density at radius 2 is 1.50 bits per heavy atom. The van der Waals surface area contributed by atoms with Crippen molar-refractivity contribution in [3.8, 4) is 0 Å². The van der Waals surface area contributed by atoms with Gasteiger partial charge in [0.05, 0.1) is 22.4 Å². The highest BCUT2D eigenvalue weighted by Gasteiger charge is 2.50. The first kappa shape index (κ1) is 19.1. The molecule has 2 aromatic carbocycles. The maximum absolute atomic E-state index is 12.7. The summed E-state index contributed by atoms with van der Waals surface area (Å²) in [5.41, 5.74) is 0.484. The van der Waals surface area contributed by atoms with Crippen LogP contribution in [-0.4, -0.2) is 31.7 Å². The van der Waals surface area contributed by atoms with Gasteiger partial charge in [-0.25, -0.2) is 8.42 Å². The van der Waals surface area contributed by atoms with Gasteiger partial charge in [-0.1, -0.05) is 48.5 Å². The van der Waals surface area contributed by atoms with Crippen molar-refractivity contribution in [1.82, 2.24) is 0 Å². The number of ether oxygens (including phenoxy) is 2. The Bertz CT molecular complexity index is 831. The average Bonchev–Trinajstić information content (AvgIpc) is 2.84. The molecule has 0 spiro atoms. The van der Waals surface area contributed by atoms with E-state index < -0.39 is 21.2 Å². The van der Waals surface area contributed by atoms with Gasteiger partial charge in [-0.3, -0.25) is 0 Å². The van der Waals surface area contributed by atoms with Crippen LogP contribution < -0.4 is 0 Å². The first-order valence-corrected chi connectivity index (χ1v) is 10.6. The molecule has 4 nitrogen and oxygen atoms in total. The molecule has 2 aromatic rings. The van der Waals surface area contributed by atoms with E-state index in [0.717, 1.165) is 5.56 Å². The van der Waals surface area contributed by atoms with Crippen LogP contribution in [0, 0.1) is 0 Å². The number of rotatable bonds is 6. The standard InChI is InChI=1S/C21H26O4S/c1-20(2)24-19(16-17-10-6-4-7-11-17)21(3,25-20)14-15-26(22,23)18-12-8-5-9-13-18/h4-13,19H,14-16H2,1-3H3/t19-,21+/m1/s1. The molecule has 3 rings (SSSR count). The second kappa shape index (κ2) is 7.14. The van der Waals surface area contributed by atoms with Gasteiger partial charge in [0.15, 0.2) is 15.6 Å². The molecule has 1 saturated heterocycles. The van der Waals surface area contributed by atoms with Gasteiger partial charge in [0.2, 0.25) is 0 Å². The molecule has 2 atom stereocenters. The van der Waals surface area contributed by atoms with Crippen molar-refractivity contribution in [1.29, 1.82) is 0 Å². The van der Waals surface area contributed by atoms with E-state index in [-0.39, 0.29) is 11.9 Å². The monoisotopic (exact) mass is 374 g/mol. The lowest BCUT2D eigenvalue weighted by Gasteiger charge is -2.29. The molecule has 0 bridgehead atoms. The zero-order valence-electron chi connectivity index (χ0n) is 15.5. The molecule has 0 aromatic heterocycles. The smallest absolute Gasteiger partial charge is 0.178 e. The van der Waals surface area contributed by atoms with Crippen LogP contribution in [0.4, 0.5) is 0 Å². The second-order valence-corrected chi connectivity index (χ2v) is 9.60. The predicted molar refractivity (Wildman–Crippen MR) is 102 cm³/mol. The zero-order chi connectivity index (χ0) is 18.8. The number of sulfone groups is 1. The van der Waals surface area contributed by atoms with Crippen molar-refractivity contribution in [2.45, 2.75) is 56.0 Å². The lowest BCUT2D eigenvalue weighted by atomic mass is 9.91. The highest BCUT2D eigenvalue weighted by Crippen LogP contribution is 2.40. The van der Waals surface area contributed by atoms with Crippen molar-refractivity contribution >= 4 is 9.84 Å². The van der Waals surface area contributed by atoms with Crippen LogP contribution in [0.5, 0.6) is 0 Å². The molecular formula is C21H26O4S. The molecular weight excluding hydrogens is 348 g/mol. The molecule has 0 aliphatic carbocycles. The third-order valence-electron chi connectivity index (χ3n) is 4.82. The predicted octanol–water partition coefficient (Wildman–Crippen LogP) is 4.00. The van der Waals surface area contributed by atoms with E-state index in [1.165, 1.54) is 0 Å². The minimum absolute atomic E-state index is 0.0260. The summed E-state index contributed by atoms with van der Waals surface area (Å²) >= 11 is 0. The molecule has 1 fully saturated rings. The SMILES string of the molecule is CC1(C)O[C@H](Cc2ccccc2)[C@](C)(CCS(=O)(=O)c2ccccc2)O1. The summed E-state index contributed by atoms with van der Waals surface area (Å²) in [5, 5.41) is 0. The Morgan fingerprint density at radius 1 is 0.923 bits per heavy atom. The largest absolute Gasteiger partial charge is 0.344 e. The van der Waals surface area contributed by atoms with Crippen LogP contribution in [0.2, 0.25) is 0 Å². The lowest BCUT2D eigenvalue weighted by molar-refractivity contribution is -0.160. The first-order chi connectivity index (χ1) is 12.2. The molecule has 26 heavy (non-hydrogen) atoms. The molecule has 1 aliphatic heterocycles. The molecule has 1 aliphatic rings. The van der Waals surface area contributed by atoms with E-state index in [1.54, 1.807) is 24.3 Å². The summed E-state index contributed by atoms with van der Waals surface area (Å²) in [5.74, 6) is -0.705. The quantitative estimate of drug-likeness (QED) is 0.767. The molecule has 0 radical (unpaired) electrons. The van der Waals surface area contributed by atoms with E-state index in [1.807, 2.05) is 45.0 Å². The summed E-state index contributed by atoms with van der Waals surface area (Å²) in [7, 11) is -3.35. The molecule has 0 saturated carbocycles. The molecule has 5 heteroatoms. The van der Waals surface area contributed by atoms with Gasteiger partial charge in [-0.05, 0) is 44.9 Å². The van der Waals surface area contributed by atoms with Gasteiger partial charge >= 0.3 is 0 Å². The van der Waals surface area contributed by atoms with Crippen molar-refractivity contribution < 1.29 is 17.9 Å². The average molecular weight is 375 g/mol. The molecule has 0 amide bonds. The van der Waals surface area contributed by atoms with Crippen LogP contribution in [0.1, 0.15) is 32.8 Å². The highest BCUT2D eigenvalue weighted by atomic mass is 32.2. The van der Waals surface area contributed by atoms with Crippen LogP contribution in [-0.2, 0) is 25.7 Å². The van der Waals surface area contributed by atoms with Crippen LogP contribution in [0.3, 0.4) is 0 Å². The summed E-state index contributed by atoms with van der Waals surface area (Å²) < 4.78 is 37.6. The zero-order valence-corrected chi connectivity index (χ0v) is 16.3. The minimum atomic E-state index is -3.35. The molecule has 0 N–H and O–H groups in total. The summed E-state index contributed by atoms with van der Waals surface area (Å²) in [6, 6.07) is 18.6. The minimum Gasteiger partial charge on any atom is -0.344 e. The molecule has 140 valence electrons. The van der Waals surface area contributed by atoms with Gasteiger partial charge in [0, 0.05) is 6.42 Å². The van der Waals surface area contributed by atoms with Gasteiger partial charge in [-0.15, -0.1) is 0 Å². The first-order valence-electron chi connectivity index (χ1n) is 8.90. The van der Waals surface area contributed by atoms with Crippen molar-refractivity contribution in [3.05, 3.63) is 66.2 Å². The van der Waals surface area contributed by atoms with E-state index in [9.17, 15) is 8.42 Å². The summed E-state index contributed by atoms with van der Waals surface area (Å²) in [6.07, 6.45) is 0.864. The third-order valence-corrected chi connectivity index (χ3v) is 6.55. The van der Waals surface area contributed by atoms with Gasteiger partial charge in [0.25, 0.3) is 0 Å². The van der Waals surface area contributed by atoms with Crippen molar-refractivity contribution in [2.24, 2.45) is 0 Å². The van der Waals surface area contributed by atoms with Crippen LogP contribution >= 0.6 is 0 Å². The number of benzene rings is 2. The van der Waals surface area contributed by atoms with Gasteiger partial charge in [0.1, 0.15) is 0 Å². The highest BCUT2D eigenvalue weighted by molar-refractivity contribution is 7.91. The topological polar surface area (TPSA) is 52.6 Å². The maximum Gasteiger partial charge on any atom is 0.178 e. The van der Waals surface area contributed by atoms with Gasteiger partial charge in [-0.2, -0.15) is 0 Å². The molecule has 0 unspecified atom stereocenters. The van der Waals surface area contributed by atoms with Crippen LogP contribution in [0.25, 0.3) is 0 Å². The fraction of sp³-hybridized carbons (Fsp3) is 0.429. The Kier molecular flexibility index (Phi) is 5.24. The summed E-state index contributed by atoms with van der Waals surface area (Å²) in [6.45, 7) is 5.71. The maximum atomic E-state index is 12.7. The second-order valence-electron chi connectivity index (χ2n) is 7.49. The van der Waals surface area contributed by atoms with E-state index >= 15 is 0 Å². The Morgan fingerprint density at radius 3 is 2.12 bits per heavy atom. The Balaban J connectivity index is 1.77. The van der Waals surface area contributed by atoms with Crippen LogP contribution in [0.15, 0.2) is 65.6 Å². The molecule has 1 heterocycles. The Hall–Kier alpha value is -1.69. The normalized spacial score (nSPS) is 25.3. The number of hydrogen-bond donors (Lipinski definition) is 0. The van der Waals surface area contributed by atoms with E-state index in [4.69, 9.17) is 9.47 Å². The number of hydrogen-bond acceptors (Lipinski definition) is 4. The van der Waals surface area contributed by atoms with E-state index in [0.29, 0.717) is 17.7 Å². The van der Waals surface area contributed by atoms with Crippen molar-refractivity contribution in [2.75, 3.05) is 5.75 Å².